The van der Waals surface area contributed by atoms with E-state index in [-0.39, 0.29) is 0 Å². The Morgan fingerprint density at radius 2 is 1.86 bits per heavy atom. The van der Waals surface area contributed by atoms with Crippen LogP contribution in [0.2, 0.25) is 0 Å². The third-order valence-corrected chi connectivity index (χ3v) is 4.26. The Kier molecular flexibility index (Phi) is 4.06. The summed E-state index contributed by atoms with van der Waals surface area (Å²) in [6, 6.07) is 15.0. The summed E-state index contributed by atoms with van der Waals surface area (Å²) in [6.45, 7) is 7.43. The van der Waals surface area contributed by atoms with E-state index in [2.05, 4.69) is 72.4 Å². The van der Waals surface area contributed by atoms with Crippen LogP contribution in [0.15, 0.2) is 42.5 Å². The maximum atomic E-state index is 6.53. The van der Waals surface area contributed by atoms with E-state index < -0.39 is 0 Å². The number of rotatable bonds is 4. The molecule has 0 saturated heterocycles. The molecule has 0 fully saturated rings. The van der Waals surface area contributed by atoms with E-state index in [4.69, 9.17) is 7.85 Å². The summed E-state index contributed by atoms with van der Waals surface area (Å²) >= 11 is 0. The number of unbranched alkanes of at least 4 members (excludes halogenated alkanes) is 1. The summed E-state index contributed by atoms with van der Waals surface area (Å²) < 4.78 is 4.42. The minimum atomic E-state index is 0.809. The standard InChI is InChI=1S/C19H22BN2/c1-4-5-12-21-16-8-6-7-9-17(16)22(19(21)20)18-13-14(2)10-11-15(18)3/h6-11,13H,4-5,12H2,1-3H3. The number of fused-ring (bicyclic) bond motifs is 1. The van der Waals surface area contributed by atoms with Gasteiger partial charge in [0.05, 0.1) is 6.54 Å². The lowest BCUT2D eigenvalue weighted by Gasteiger charge is -2.13. The average molecular weight is 289 g/mol. The number of aryl methyl sites for hydroxylation is 3. The SMILES string of the molecule is [B-]c1n(-c2cc(C)ccc2C)c2ccccc2[n+]1CCCC. The molecular weight excluding hydrogens is 267 g/mol. The highest BCUT2D eigenvalue weighted by Crippen LogP contribution is 2.20. The Balaban J connectivity index is 2.29. The monoisotopic (exact) mass is 289 g/mol. The average Bonchev–Trinajstić information content (AvgIpc) is 2.79. The predicted molar refractivity (Wildman–Crippen MR) is 93.2 cm³/mol. The van der Waals surface area contributed by atoms with Crippen molar-refractivity contribution in [2.24, 2.45) is 0 Å². The summed E-state index contributed by atoms with van der Waals surface area (Å²) in [4.78, 5) is 0. The van der Waals surface area contributed by atoms with E-state index in [1.54, 1.807) is 0 Å². The van der Waals surface area contributed by atoms with Crippen LogP contribution in [0.25, 0.3) is 16.7 Å². The second kappa shape index (κ2) is 6.00. The zero-order valence-electron chi connectivity index (χ0n) is 13.6. The molecule has 0 spiro atoms. The minimum Gasteiger partial charge on any atom is -0.458 e. The first kappa shape index (κ1) is 14.9. The van der Waals surface area contributed by atoms with Gasteiger partial charge in [-0.1, -0.05) is 37.6 Å². The Hall–Kier alpha value is -2.03. The Labute approximate surface area is 133 Å². The zero-order chi connectivity index (χ0) is 15.7. The van der Waals surface area contributed by atoms with E-state index >= 15 is 0 Å². The van der Waals surface area contributed by atoms with Gasteiger partial charge in [0.2, 0.25) is 0 Å². The first-order valence-corrected chi connectivity index (χ1v) is 8.00. The second-order valence-corrected chi connectivity index (χ2v) is 5.98. The van der Waals surface area contributed by atoms with Crippen LogP contribution in [0.1, 0.15) is 30.9 Å². The van der Waals surface area contributed by atoms with Crippen molar-refractivity contribution >= 4 is 24.6 Å². The lowest BCUT2D eigenvalue weighted by atomic mass is 10.1. The number of hydrogen-bond acceptors (Lipinski definition) is 0. The Bertz CT molecular complexity index is 818. The van der Waals surface area contributed by atoms with Gasteiger partial charge in [0.15, 0.2) is 11.0 Å². The predicted octanol–water partition coefficient (Wildman–Crippen LogP) is 3.13. The van der Waals surface area contributed by atoms with Crippen LogP contribution >= 0.6 is 0 Å². The van der Waals surface area contributed by atoms with E-state index in [0.29, 0.717) is 0 Å². The summed E-state index contributed by atoms with van der Waals surface area (Å²) in [5, 5.41) is 0. The molecule has 3 heteroatoms. The van der Waals surface area contributed by atoms with Crippen LogP contribution in [0, 0.1) is 13.8 Å². The van der Waals surface area contributed by atoms with Crippen molar-refractivity contribution in [3.8, 4) is 5.69 Å². The van der Waals surface area contributed by atoms with Gasteiger partial charge in [-0.3, -0.25) is 4.57 Å². The first-order chi connectivity index (χ1) is 10.6. The third-order valence-electron chi connectivity index (χ3n) is 4.26. The first-order valence-electron chi connectivity index (χ1n) is 8.00. The molecule has 0 amide bonds. The fourth-order valence-corrected chi connectivity index (χ4v) is 3.01. The molecule has 22 heavy (non-hydrogen) atoms. The van der Waals surface area contributed by atoms with Gasteiger partial charge >= 0.3 is 0 Å². The van der Waals surface area contributed by atoms with Gasteiger partial charge in [-0.15, -0.1) is 0 Å². The van der Waals surface area contributed by atoms with Gasteiger partial charge in [-0.2, -0.15) is 0 Å². The van der Waals surface area contributed by atoms with Crippen LogP contribution in [0.5, 0.6) is 0 Å². The fraction of sp³-hybridized carbons (Fsp3) is 0.316. The molecule has 0 aliphatic rings. The van der Waals surface area contributed by atoms with Crippen LogP contribution in [-0.2, 0) is 6.54 Å². The molecule has 2 aromatic carbocycles. The molecular formula is C19H22BN2. The van der Waals surface area contributed by atoms with Crippen molar-refractivity contribution in [1.29, 1.82) is 0 Å². The molecule has 0 aliphatic heterocycles. The summed E-state index contributed by atoms with van der Waals surface area (Å²) in [5.74, 6) is 0. The number of aromatic nitrogens is 2. The van der Waals surface area contributed by atoms with Crippen LogP contribution in [0.4, 0.5) is 0 Å². The molecule has 1 aromatic heterocycles. The molecule has 1 heterocycles. The highest BCUT2D eigenvalue weighted by molar-refractivity contribution is 6.29. The largest absolute Gasteiger partial charge is 0.458 e. The molecule has 0 unspecified atom stereocenters. The van der Waals surface area contributed by atoms with Crippen molar-refractivity contribution in [1.82, 2.24) is 4.57 Å². The Morgan fingerprint density at radius 3 is 2.64 bits per heavy atom. The normalized spacial score (nSPS) is 11.3. The third kappa shape index (κ3) is 2.45. The molecule has 0 aliphatic carbocycles. The van der Waals surface area contributed by atoms with E-state index in [1.165, 1.54) is 27.8 Å². The number of para-hydroxylation sites is 2. The topological polar surface area (TPSA) is 8.81 Å². The van der Waals surface area contributed by atoms with Gasteiger partial charge in [-0.25, -0.2) is 4.57 Å². The van der Waals surface area contributed by atoms with Gasteiger partial charge < -0.3 is 7.85 Å². The number of hydrogen-bond donors (Lipinski definition) is 0. The van der Waals surface area contributed by atoms with Gasteiger partial charge in [0.1, 0.15) is 5.69 Å². The summed E-state index contributed by atoms with van der Waals surface area (Å²) in [7, 11) is 6.53. The fourth-order valence-electron chi connectivity index (χ4n) is 3.01. The molecule has 0 N–H and O–H groups in total. The van der Waals surface area contributed by atoms with Crippen molar-refractivity contribution in [2.75, 3.05) is 0 Å². The highest BCUT2D eigenvalue weighted by atomic mass is 15.2. The minimum absolute atomic E-state index is 0.809. The van der Waals surface area contributed by atoms with Crippen molar-refractivity contribution in [3.63, 3.8) is 0 Å². The van der Waals surface area contributed by atoms with Crippen molar-refractivity contribution in [3.05, 3.63) is 53.6 Å². The molecule has 0 bridgehead atoms. The number of imidazole rings is 1. The van der Waals surface area contributed by atoms with Gasteiger partial charge in [0, 0.05) is 0 Å². The molecule has 3 aromatic rings. The van der Waals surface area contributed by atoms with Crippen LogP contribution in [-0.4, -0.2) is 12.4 Å². The molecule has 0 saturated carbocycles. The van der Waals surface area contributed by atoms with Crippen molar-refractivity contribution in [2.45, 2.75) is 40.2 Å². The number of nitrogens with zero attached hydrogens (tertiary/aromatic N) is 2. The smallest absolute Gasteiger partial charge is 0.175 e. The Morgan fingerprint density at radius 1 is 1.09 bits per heavy atom. The molecule has 111 valence electrons. The molecule has 3 radical (unpaired) electrons. The van der Waals surface area contributed by atoms with Gasteiger partial charge in [0.25, 0.3) is 0 Å². The molecule has 0 atom stereocenters. The quantitative estimate of drug-likeness (QED) is 0.515. The summed E-state index contributed by atoms with van der Waals surface area (Å²) in [5.41, 5.74) is 6.84. The molecule has 2 nitrogen and oxygen atoms in total. The molecule has 3 rings (SSSR count). The maximum Gasteiger partial charge on any atom is 0.175 e. The lowest BCUT2D eigenvalue weighted by Crippen LogP contribution is -2.50. The van der Waals surface area contributed by atoms with Crippen molar-refractivity contribution < 1.29 is 4.57 Å². The van der Waals surface area contributed by atoms with E-state index in [9.17, 15) is 0 Å². The second-order valence-electron chi connectivity index (χ2n) is 5.98. The van der Waals surface area contributed by atoms with E-state index in [0.717, 1.165) is 25.1 Å². The van der Waals surface area contributed by atoms with Gasteiger partial charge in [-0.05, 0) is 55.3 Å². The highest BCUT2D eigenvalue weighted by Gasteiger charge is 2.17. The lowest BCUT2D eigenvalue weighted by molar-refractivity contribution is -0.654. The van der Waals surface area contributed by atoms with E-state index in [1.807, 2.05) is 0 Å². The van der Waals surface area contributed by atoms with Crippen LogP contribution < -0.4 is 10.3 Å². The number of benzene rings is 2. The summed E-state index contributed by atoms with van der Waals surface area (Å²) in [6.07, 6.45) is 2.30. The zero-order valence-corrected chi connectivity index (χ0v) is 13.6. The van der Waals surface area contributed by atoms with Crippen LogP contribution in [0.3, 0.4) is 0 Å². The maximum absolute atomic E-state index is 6.53.